The van der Waals surface area contributed by atoms with E-state index in [1.54, 1.807) is 14.2 Å². The average Bonchev–Trinajstić information content (AvgIpc) is 2.34. The molecule has 16 heavy (non-hydrogen) atoms. The van der Waals surface area contributed by atoms with Crippen molar-refractivity contribution in [3.63, 3.8) is 0 Å². The Morgan fingerprint density at radius 1 is 1.12 bits per heavy atom. The number of hydrogen-bond acceptors (Lipinski definition) is 4. The van der Waals surface area contributed by atoms with E-state index in [0.717, 1.165) is 18.4 Å². The van der Waals surface area contributed by atoms with Crippen LogP contribution in [0.4, 0.5) is 0 Å². The number of ether oxygens (including phenoxy) is 3. The summed E-state index contributed by atoms with van der Waals surface area (Å²) in [4.78, 5) is 4.21. The first-order valence-electron chi connectivity index (χ1n) is 5.46. The molecule has 1 heterocycles. The molecule has 0 atom stereocenters. The van der Waals surface area contributed by atoms with E-state index >= 15 is 0 Å². The van der Waals surface area contributed by atoms with Gasteiger partial charge < -0.3 is 14.2 Å². The van der Waals surface area contributed by atoms with Gasteiger partial charge in [-0.25, -0.2) is 0 Å². The lowest BCUT2D eigenvalue weighted by molar-refractivity contribution is 0.170. The summed E-state index contributed by atoms with van der Waals surface area (Å²) >= 11 is 0. The normalized spacial score (nSPS) is 10.2. The highest BCUT2D eigenvalue weighted by molar-refractivity contribution is 5.28. The van der Waals surface area contributed by atoms with Gasteiger partial charge in [-0.15, -0.1) is 0 Å². The third-order valence-corrected chi connectivity index (χ3v) is 2.20. The quantitative estimate of drug-likeness (QED) is 0.666. The summed E-state index contributed by atoms with van der Waals surface area (Å²) in [6.45, 7) is 3.39. The number of rotatable bonds is 7. The Labute approximate surface area is 96.5 Å². The maximum atomic E-state index is 5.52. The topological polar surface area (TPSA) is 40.6 Å². The maximum absolute atomic E-state index is 5.52. The Balaban J connectivity index is 2.57. The molecule has 0 aliphatic rings. The van der Waals surface area contributed by atoms with Crippen LogP contribution in [-0.4, -0.2) is 32.4 Å². The van der Waals surface area contributed by atoms with Crippen molar-refractivity contribution in [2.24, 2.45) is 0 Å². The van der Waals surface area contributed by atoms with E-state index in [-0.39, 0.29) is 0 Å². The summed E-state index contributed by atoms with van der Waals surface area (Å²) in [5, 5.41) is 0. The molecule has 0 fully saturated rings. The van der Waals surface area contributed by atoms with Gasteiger partial charge in [0, 0.05) is 32.3 Å². The number of methoxy groups -OCH3 is 2. The van der Waals surface area contributed by atoms with Gasteiger partial charge in [-0.1, -0.05) is 6.92 Å². The van der Waals surface area contributed by atoms with Crippen molar-refractivity contribution in [1.29, 1.82) is 0 Å². The molecule has 1 aromatic heterocycles. The van der Waals surface area contributed by atoms with Crippen LogP contribution in [0, 0.1) is 0 Å². The number of aromatic nitrogens is 1. The van der Waals surface area contributed by atoms with Gasteiger partial charge in [-0.2, -0.15) is 4.98 Å². The molecule has 90 valence electrons. The first-order valence-corrected chi connectivity index (χ1v) is 5.46. The lowest BCUT2D eigenvalue weighted by Crippen LogP contribution is -2.03. The second-order valence-electron chi connectivity index (χ2n) is 3.40. The van der Waals surface area contributed by atoms with E-state index in [4.69, 9.17) is 14.2 Å². The van der Waals surface area contributed by atoms with E-state index in [1.165, 1.54) is 0 Å². The summed E-state index contributed by atoms with van der Waals surface area (Å²) in [5.74, 6) is 1.22. The molecule has 0 aliphatic carbocycles. The van der Waals surface area contributed by atoms with E-state index in [0.29, 0.717) is 25.0 Å². The minimum absolute atomic E-state index is 0.598. The Morgan fingerprint density at radius 3 is 2.50 bits per heavy atom. The van der Waals surface area contributed by atoms with Crippen molar-refractivity contribution < 1.29 is 14.2 Å². The fraction of sp³-hybridized carbons (Fsp3) is 0.583. The molecule has 1 aromatic rings. The summed E-state index contributed by atoms with van der Waals surface area (Å²) in [6, 6.07) is 3.86. The molecule has 0 aromatic carbocycles. The average molecular weight is 225 g/mol. The van der Waals surface area contributed by atoms with Gasteiger partial charge in [0.15, 0.2) is 0 Å². The molecular formula is C12H19NO3. The zero-order chi connectivity index (χ0) is 11.8. The van der Waals surface area contributed by atoms with Crippen molar-refractivity contribution in [2.45, 2.75) is 19.8 Å². The highest BCUT2D eigenvalue weighted by Crippen LogP contribution is 2.18. The smallest absolute Gasteiger partial charge is 0.216 e. The summed E-state index contributed by atoms with van der Waals surface area (Å²) in [6.07, 6.45) is 1.80. The standard InChI is InChI=1S/C12H19NO3/c1-4-10-8-11(15-3)13-12(9-10)16-7-5-6-14-2/h8-9H,4-7H2,1-3H3. The third kappa shape index (κ3) is 4.06. The van der Waals surface area contributed by atoms with E-state index < -0.39 is 0 Å². The number of aryl methyl sites for hydroxylation is 1. The van der Waals surface area contributed by atoms with Crippen molar-refractivity contribution >= 4 is 0 Å². The third-order valence-electron chi connectivity index (χ3n) is 2.20. The molecule has 0 amide bonds. The second-order valence-corrected chi connectivity index (χ2v) is 3.40. The summed E-state index contributed by atoms with van der Waals surface area (Å²) in [7, 11) is 3.29. The Kier molecular flexibility index (Phi) is 5.64. The van der Waals surface area contributed by atoms with Crippen molar-refractivity contribution in [3.05, 3.63) is 17.7 Å². The molecular weight excluding hydrogens is 206 g/mol. The molecule has 0 N–H and O–H groups in total. The van der Waals surface area contributed by atoms with Gasteiger partial charge in [0.05, 0.1) is 13.7 Å². The van der Waals surface area contributed by atoms with Gasteiger partial charge in [-0.05, 0) is 12.0 Å². The van der Waals surface area contributed by atoms with E-state index in [2.05, 4.69) is 11.9 Å². The zero-order valence-corrected chi connectivity index (χ0v) is 10.2. The summed E-state index contributed by atoms with van der Waals surface area (Å²) < 4.78 is 15.6. The summed E-state index contributed by atoms with van der Waals surface area (Å²) in [5.41, 5.74) is 1.16. The van der Waals surface area contributed by atoms with Crippen LogP contribution < -0.4 is 9.47 Å². The van der Waals surface area contributed by atoms with Crippen LogP contribution in [0.25, 0.3) is 0 Å². The Hall–Kier alpha value is -1.29. The highest BCUT2D eigenvalue weighted by Gasteiger charge is 2.02. The van der Waals surface area contributed by atoms with Gasteiger partial charge in [-0.3, -0.25) is 0 Å². The molecule has 4 heteroatoms. The van der Waals surface area contributed by atoms with E-state index in [9.17, 15) is 0 Å². The maximum Gasteiger partial charge on any atom is 0.216 e. The minimum atomic E-state index is 0.598. The van der Waals surface area contributed by atoms with Gasteiger partial charge in [0.25, 0.3) is 0 Å². The SMILES string of the molecule is CCc1cc(OC)nc(OCCCOC)c1. The van der Waals surface area contributed by atoms with Crippen LogP contribution in [0.1, 0.15) is 18.9 Å². The van der Waals surface area contributed by atoms with Crippen LogP contribution in [0.5, 0.6) is 11.8 Å². The predicted octanol–water partition coefficient (Wildman–Crippen LogP) is 2.07. The van der Waals surface area contributed by atoms with Crippen molar-refractivity contribution in [1.82, 2.24) is 4.98 Å². The lowest BCUT2D eigenvalue weighted by atomic mass is 10.2. The fourth-order valence-corrected chi connectivity index (χ4v) is 1.29. The van der Waals surface area contributed by atoms with Gasteiger partial charge in [0.1, 0.15) is 0 Å². The largest absolute Gasteiger partial charge is 0.481 e. The minimum Gasteiger partial charge on any atom is -0.481 e. The highest BCUT2D eigenvalue weighted by atomic mass is 16.5. The second kappa shape index (κ2) is 7.06. The molecule has 0 saturated heterocycles. The number of nitrogens with zero attached hydrogens (tertiary/aromatic N) is 1. The van der Waals surface area contributed by atoms with Crippen LogP contribution in [0.2, 0.25) is 0 Å². The van der Waals surface area contributed by atoms with Gasteiger partial charge >= 0.3 is 0 Å². The Morgan fingerprint density at radius 2 is 1.88 bits per heavy atom. The zero-order valence-electron chi connectivity index (χ0n) is 10.2. The van der Waals surface area contributed by atoms with Crippen LogP contribution in [0.3, 0.4) is 0 Å². The molecule has 0 aliphatic heterocycles. The van der Waals surface area contributed by atoms with Crippen LogP contribution in [-0.2, 0) is 11.2 Å². The van der Waals surface area contributed by atoms with Gasteiger partial charge in [0.2, 0.25) is 11.8 Å². The monoisotopic (exact) mass is 225 g/mol. The lowest BCUT2D eigenvalue weighted by Gasteiger charge is -2.08. The molecule has 0 spiro atoms. The van der Waals surface area contributed by atoms with Crippen LogP contribution >= 0.6 is 0 Å². The number of hydrogen-bond donors (Lipinski definition) is 0. The first kappa shape index (κ1) is 12.8. The molecule has 0 bridgehead atoms. The van der Waals surface area contributed by atoms with Crippen molar-refractivity contribution in [3.8, 4) is 11.8 Å². The molecule has 1 rings (SSSR count). The fourth-order valence-electron chi connectivity index (χ4n) is 1.29. The van der Waals surface area contributed by atoms with Crippen LogP contribution in [0.15, 0.2) is 12.1 Å². The Bertz CT molecular complexity index is 293. The molecule has 4 nitrogen and oxygen atoms in total. The van der Waals surface area contributed by atoms with Crippen molar-refractivity contribution in [2.75, 3.05) is 27.4 Å². The molecule has 0 saturated carbocycles. The van der Waals surface area contributed by atoms with E-state index in [1.807, 2.05) is 12.1 Å². The molecule has 0 unspecified atom stereocenters. The molecule has 0 radical (unpaired) electrons. The number of pyridine rings is 1. The first-order chi connectivity index (χ1) is 7.80. The predicted molar refractivity (Wildman–Crippen MR) is 62.2 cm³/mol.